The molecular weight excluding hydrogens is 358 g/mol. The highest BCUT2D eigenvalue weighted by Gasteiger charge is 2.22. The molecule has 150 valence electrons. The van der Waals surface area contributed by atoms with Crippen molar-refractivity contribution in [3.05, 3.63) is 59.7 Å². The number of unbranched alkanes of at least 4 members (excludes halogenated alkanes) is 3. The largest absolute Gasteiger partial charge is 0.394 e. The Morgan fingerprint density at radius 3 is 2.15 bits per heavy atom. The van der Waals surface area contributed by atoms with E-state index in [-0.39, 0.29) is 25.6 Å². The molecular formula is C23H34ClNO2. The van der Waals surface area contributed by atoms with Gasteiger partial charge in [0.1, 0.15) is 0 Å². The van der Waals surface area contributed by atoms with E-state index in [0.29, 0.717) is 6.42 Å². The minimum atomic E-state index is -0.907. The Morgan fingerprint density at radius 1 is 0.815 bits per heavy atom. The van der Waals surface area contributed by atoms with E-state index >= 15 is 0 Å². The van der Waals surface area contributed by atoms with E-state index in [0.717, 1.165) is 12.8 Å². The molecule has 0 aliphatic carbocycles. The van der Waals surface area contributed by atoms with Crippen LogP contribution in [-0.4, -0.2) is 29.0 Å². The molecule has 0 saturated carbocycles. The van der Waals surface area contributed by atoms with Gasteiger partial charge in [0.2, 0.25) is 0 Å². The lowest BCUT2D eigenvalue weighted by Crippen LogP contribution is -2.47. The molecule has 0 aromatic heterocycles. The van der Waals surface area contributed by atoms with Crippen molar-refractivity contribution in [3.63, 3.8) is 0 Å². The molecule has 2 aromatic carbocycles. The minimum Gasteiger partial charge on any atom is -0.394 e. The predicted molar refractivity (Wildman–Crippen MR) is 116 cm³/mol. The van der Waals surface area contributed by atoms with E-state index in [4.69, 9.17) is 5.73 Å². The topological polar surface area (TPSA) is 66.5 Å². The van der Waals surface area contributed by atoms with Crippen molar-refractivity contribution in [2.45, 2.75) is 57.4 Å². The summed E-state index contributed by atoms with van der Waals surface area (Å²) in [5, 5.41) is 18.7. The van der Waals surface area contributed by atoms with Crippen molar-refractivity contribution in [2.24, 2.45) is 5.73 Å². The molecule has 3 nitrogen and oxygen atoms in total. The minimum absolute atomic E-state index is 0. The Kier molecular flexibility index (Phi) is 10.6. The lowest BCUT2D eigenvalue weighted by atomic mass is 9.92. The van der Waals surface area contributed by atoms with Crippen LogP contribution < -0.4 is 5.73 Å². The van der Waals surface area contributed by atoms with Crippen LogP contribution >= 0.6 is 12.4 Å². The molecule has 4 N–H and O–H groups in total. The monoisotopic (exact) mass is 391 g/mol. The third kappa shape index (κ3) is 7.63. The molecule has 0 radical (unpaired) electrons. The highest BCUT2D eigenvalue weighted by molar-refractivity contribution is 5.85. The van der Waals surface area contributed by atoms with Gasteiger partial charge in [0.05, 0.1) is 18.8 Å². The van der Waals surface area contributed by atoms with Gasteiger partial charge in [0.25, 0.3) is 0 Å². The van der Waals surface area contributed by atoms with Gasteiger partial charge >= 0.3 is 0 Å². The van der Waals surface area contributed by atoms with E-state index < -0.39 is 5.54 Å². The molecule has 0 heterocycles. The number of benzene rings is 2. The summed E-state index contributed by atoms with van der Waals surface area (Å²) < 4.78 is 0. The second kappa shape index (κ2) is 12.1. The molecule has 0 aliphatic rings. The fourth-order valence-electron chi connectivity index (χ4n) is 3.13. The molecule has 0 saturated heterocycles. The summed E-state index contributed by atoms with van der Waals surface area (Å²) >= 11 is 0. The Labute approximate surface area is 170 Å². The summed E-state index contributed by atoms with van der Waals surface area (Å²) in [7, 11) is 0. The van der Waals surface area contributed by atoms with Crippen molar-refractivity contribution in [1.29, 1.82) is 0 Å². The standard InChI is InChI=1S/C23H33NO2.ClH/c1-2-3-4-5-7-19-10-12-21(13-11-19)22-9-6-8-20(16-22)14-15-23(24,17-25)18-26;/h6,8-13,16,25-26H,2-5,7,14-15,17-18,24H2,1H3;1H. The zero-order valence-corrected chi connectivity index (χ0v) is 17.2. The first-order chi connectivity index (χ1) is 12.6. The van der Waals surface area contributed by atoms with Crippen LogP contribution in [0.5, 0.6) is 0 Å². The van der Waals surface area contributed by atoms with Crippen molar-refractivity contribution < 1.29 is 10.2 Å². The molecule has 0 fully saturated rings. The smallest absolute Gasteiger partial charge is 0.0633 e. The second-order valence-corrected chi connectivity index (χ2v) is 7.39. The quantitative estimate of drug-likeness (QED) is 0.493. The van der Waals surface area contributed by atoms with Crippen molar-refractivity contribution in [1.82, 2.24) is 0 Å². The molecule has 2 aromatic rings. The highest BCUT2D eigenvalue weighted by Crippen LogP contribution is 2.23. The Bertz CT molecular complexity index is 654. The molecule has 4 heteroatoms. The van der Waals surface area contributed by atoms with Gasteiger partial charge in [-0.15, -0.1) is 12.4 Å². The average molecular weight is 392 g/mol. The van der Waals surface area contributed by atoms with Gasteiger partial charge in [-0.05, 0) is 47.9 Å². The number of hydrogen-bond donors (Lipinski definition) is 3. The van der Waals surface area contributed by atoms with Crippen LogP contribution in [0, 0.1) is 0 Å². The first-order valence-electron chi connectivity index (χ1n) is 9.79. The van der Waals surface area contributed by atoms with Gasteiger partial charge in [0, 0.05) is 0 Å². The SMILES string of the molecule is CCCCCCc1ccc(-c2cccc(CCC(N)(CO)CO)c2)cc1.Cl. The van der Waals surface area contributed by atoms with Gasteiger partial charge in [-0.3, -0.25) is 0 Å². The van der Waals surface area contributed by atoms with Gasteiger partial charge in [-0.2, -0.15) is 0 Å². The van der Waals surface area contributed by atoms with Crippen LogP contribution in [0.3, 0.4) is 0 Å². The summed E-state index contributed by atoms with van der Waals surface area (Å²) in [4.78, 5) is 0. The number of aliphatic hydroxyl groups is 2. The van der Waals surface area contributed by atoms with Crippen LogP contribution in [0.1, 0.15) is 50.2 Å². The molecule has 0 bridgehead atoms. The van der Waals surface area contributed by atoms with Crippen LogP contribution in [0.2, 0.25) is 0 Å². The third-order valence-electron chi connectivity index (χ3n) is 5.07. The molecule has 0 atom stereocenters. The maximum Gasteiger partial charge on any atom is 0.0633 e. The molecule has 27 heavy (non-hydrogen) atoms. The van der Waals surface area contributed by atoms with E-state index in [9.17, 15) is 10.2 Å². The third-order valence-corrected chi connectivity index (χ3v) is 5.07. The van der Waals surface area contributed by atoms with Crippen molar-refractivity contribution in [3.8, 4) is 11.1 Å². The average Bonchev–Trinajstić information content (AvgIpc) is 2.70. The van der Waals surface area contributed by atoms with E-state index in [1.54, 1.807) is 0 Å². The number of aliphatic hydroxyl groups excluding tert-OH is 2. The lowest BCUT2D eigenvalue weighted by Gasteiger charge is -2.24. The lowest BCUT2D eigenvalue weighted by molar-refractivity contribution is 0.115. The molecule has 0 aliphatic heterocycles. The van der Waals surface area contributed by atoms with E-state index in [1.807, 2.05) is 0 Å². The van der Waals surface area contributed by atoms with E-state index in [2.05, 4.69) is 55.5 Å². The van der Waals surface area contributed by atoms with Gasteiger partial charge < -0.3 is 15.9 Å². The van der Waals surface area contributed by atoms with Crippen molar-refractivity contribution in [2.75, 3.05) is 13.2 Å². The zero-order valence-electron chi connectivity index (χ0n) is 16.4. The Hall–Kier alpha value is -1.39. The molecule has 2 rings (SSSR count). The number of rotatable bonds is 11. The van der Waals surface area contributed by atoms with Gasteiger partial charge in [-0.25, -0.2) is 0 Å². The van der Waals surface area contributed by atoms with Gasteiger partial charge in [0.15, 0.2) is 0 Å². The molecule has 0 amide bonds. The maximum absolute atomic E-state index is 9.33. The predicted octanol–water partition coefficient (Wildman–Crippen LogP) is 4.51. The Balaban J connectivity index is 0.00000364. The normalized spacial score (nSPS) is 11.3. The number of halogens is 1. The summed E-state index contributed by atoms with van der Waals surface area (Å²) in [6.07, 6.45) is 7.62. The fourth-order valence-corrected chi connectivity index (χ4v) is 3.13. The van der Waals surface area contributed by atoms with Crippen LogP contribution in [0.25, 0.3) is 11.1 Å². The van der Waals surface area contributed by atoms with Gasteiger partial charge in [-0.1, -0.05) is 74.7 Å². The molecule has 0 spiro atoms. The first kappa shape index (κ1) is 23.6. The van der Waals surface area contributed by atoms with Crippen LogP contribution in [0.4, 0.5) is 0 Å². The van der Waals surface area contributed by atoms with Crippen molar-refractivity contribution >= 4 is 12.4 Å². The van der Waals surface area contributed by atoms with Crippen LogP contribution in [0.15, 0.2) is 48.5 Å². The number of aryl methyl sites for hydroxylation is 2. The second-order valence-electron chi connectivity index (χ2n) is 7.39. The molecule has 0 unspecified atom stereocenters. The highest BCUT2D eigenvalue weighted by atomic mass is 35.5. The first-order valence-corrected chi connectivity index (χ1v) is 9.79. The fraction of sp³-hybridized carbons (Fsp3) is 0.478. The summed E-state index contributed by atoms with van der Waals surface area (Å²) in [6.45, 7) is 1.83. The van der Waals surface area contributed by atoms with E-state index in [1.165, 1.54) is 47.9 Å². The van der Waals surface area contributed by atoms with Crippen LogP contribution in [-0.2, 0) is 12.8 Å². The Morgan fingerprint density at radius 2 is 1.52 bits per heavy atom. The summed E-state index contributed by atoms with van der Waals surface area (Å²) in [5.74, 6) is 0. The number of hydrogen-bond acceptors (Lipinski definition) is 3. The zero-order chi connectivity index (χ0) is 18.8. The number of nitrogens with two attached hydrogens (primary N) is 1. The summed E-state index contributed by atoms with van der Waals surface area (Å²) in [5.41, 5.74) is 10.0. The maximum atomic E-state index is 9.33. The summed E-state index contributed by atoms with van der Waals surface area (Å²) in [6, 6.07) is 17.3.